The van der Waals surface area contributed by atoms with Crippen LogP contribution in [0.25, 0.3) is 0 Å². The first-order valence-corrected chi connectivity index (χ1v) is 4.27. The van der Waals surface area contributed by atoms with Gasteiger partial charge in [0.2, 0.25) is 0 Å². The third-order valence-corrected chi connectivity index (χ3v) is 1.79. The molecule has 2 heteroatoms. The van der Waals surface area contributed by atoms with Gasteiger partial charge in [-0.15, -0.1) is 6.58 Å². The summed E-state index contributed by atoms with van der Waals surface area (Å²) in [6.07, 6.45) is 6.56. The van der Waals surface area contributed by atoms with Gasteiger partial charge in [0.05, 0.1) is 13.2 Å². The Morgan fingerprint density at radius 1 is 1.27 bits per heavy atom. The average Bonchev–Trinajstić information content (AvgIpc) is 2.50. The van der Waals surface area contributed by atoms with Gasteiger partial charge in [-0.2, -0.15) is 0 Å². The van der Waals surface area contributed by atoms with Crippen LogP contribution in [0.4, 0.5) is 0 Å². The van der Waals surface area contributed by atoms with Crippen molar-refractivity contribution in [1.82, 2.24) is 0 Å². The van der Waals surface area contributed by atoms with Crippen molar-refractivity contribution in [2.75, 3.05) is 13.2 Å². The van der Waals surface area contributed by atoms with Gasteiger partial charge in [0, 0.05) is 0 Å². The predicted molar refractivity (Wildman–Crippen MR) is 44.4 cm³/mol. The normalized spacial score (nSPS) is 18.9. The Kier molecular flexibility index (Phi) is 4.24. The molecule has 0 bridgehead atoms. The fourth-order valence-corrected chi connectivity index (χ4v) is 1.17. The molecule has 0 aromatic heterocycles. The van der Waals surface area contributed by atoms with Crippen molar-refractivity contribution in [3.8, 4) is 0 Å². The minimum absolute atomic E-state index is 0.0832. The van der Waals surface area contributed by atoms with Gasteiger partial charge in [-0.05, 0) is 25.7 Å². The summed E-state index contributed by atoms with van der Waals surface area (Å²) in [5.74, 6) is 0. The van der Waals surface area contributed by atoms with Crippen molar-refractivity contribution in [3.05, 3.63) is 12.7 Å². The summed E-state index contributed by atoms with van der Waals surface area (Å²) in [6.45, 7) is 5.21. The van der Waals surface area contributed by atoms with Gasteiger partial charge in [0.15, 0.2) is 6.29 Å². The minimum atomic E-state index is 0.0832. The second-order valence-corrected chi connectivity index (χ2v) is 2.74. The number of hydrogen-bond donors (Lipinski definition) is 0. The highest BCUT2D eigenvalue weighted by molar-refractivity contribution is 4.65. The molecule has 2 nitrogen and oxygen atoms in total. The minimum Gasteiger partial charge on any atom is -0.350 e. The molecule has 0 N–H and O–H groups in total. The van der Waals surface area contributed by atoms with E-state index in [1.165, 1.54) is 12.8 Å². The van der Waals surface area contributed by atoms with Gasteiger partial charge in [-0.25, -0.2) is 0 Å². The lowest BCUT2D eigenvalue weighted by atomic mass is 10.2. The highest BCUT2D eigenvalue weighted by atomic mass is 16.7. The molecule has 0 unspecified atom stereocenters. The lowest BCUT2D eigenvalue weighted by Crippen LogP contribution is -2.06. The molecule has 1 aliphatic heterocycles. The zero-order valence-electron chi connectivity index (χ0n) is 6.92. The van der Waals surface area contributed by atoms with Crippen LogP contribution in [0.2, 0.25) is 0 Å². The highest BCUT2D eigenvalue weighted by Crippen LogP contribution is 2.12. The molecule has 0 aromatic carbocycles. The van der Waals surface area contributed by atoms with E-state index in [4.69, 9.17) is 9.47 Å². The van der Waals surface area contributed by atoms with Crippen LogP contribution in [-0.4, -0.2) is 19.5 Å². The number of unbranched alkanes of at least 4 members (excludes halogenated alkanes) is 2. The van der Waals surface area contributed by atoms with Crippen LogP contribution in [0.1, 0.15) is 25.7 Å². The second-order valence-electron chi connectivity index (χ2n) is 2.74. The first-order valence-electron chi connectivity index (χ1n) is 4.27. The van der Waals surface area contributed by atoms with Gasteiger partial charge in [0.1, 0.15) is 0 Å². The van der Waals surface area contributed by atoms with Crippen LogP contribution in [0, 0.1) is 0 Å². The molecule has 11 heavy (non-hydrogen) atoms. The Morgan fingerprint density at radius 3 is 2.64 bits per heavy atom. The van der Waals surface area contributed by atoms with Crippen LogP contribution in [0.3, 0.4) is 0 Å². The summed E-state index contributed by atoms with van der Waals surface area (Å²) in [6, 6.07) is 0. The lowest BCUT2D eigenvalue weighted by Gasteiger charge is -2.06. The molecule has 1 fully saturated rings. The summed E-state index contributed by atoms with van der Waals surface area (Å²) >= 11 is 0. The Hall–Kier alpha value is -0.340. The van der Waals surface area contributed by atoms with Crippen molar-refractivity contribution in [2.45, 2.75) is 32.0 Å². The highest BCUT2D eigenvalue weighted by Gasteiger charge is 2.14. The molecule has 1 rings (SSSR count). The van der Waals surface area contributed by atoms with Crippen molar-refractivity contribution in [3.63, 3.8) is 0 Å². The Labute approximate surface area is 68.2 Å². The molecule has 1 aliphatic rings. The molecule has 1 heterocycles. The van der Waals surface area contributed by atoms with Crippen molar-refractivity contribution < 1.29 is 9.47 Å². The molecule has 0 radical (unpaired) electrons. The SMILES string of the molecule is C=CCCCCC1OCCO1. The van der Waals surface area contributed by atoms with Crippen LogP contribution in [0.5, 0.6) is 0 Å². The van der Waals surface area contributed by atoms with E-state index in [9.17, 15) is 0 Å². The smallest absolute Gasteiger partial charge is 0.157 e. The number of rotatable bonds is 5. The molecule has 64 valence electrons. The van der Waals surface area contributed by atoms with Crippen molar-refractivity contribution in [1.29, 1.82) is 0 Å². The standard InChI is InChI=1S/C9H16O2/c1-2-3-4-5-6-9-10-7-8-11-9/h2,9H,1,3-8H2. The van der Waals surface area contributed by atoms with E-state index in [1.54, 1.807) is 0 Å². The van der Waals surface area contributed by atoms with Gasteiger partial charge in [-0.1, -0.05) is 6.08 Å². The van der Waals surface area contributed by atoms with E-state index < -0.39 is 0 Å². The molecule has 0 aliphatic carbocycles. The number of allylic oxidation sites excluding steroid dienone is 1. The van der Waals surface area contributed by atoms with Crippen molar-refractivity contribution >= 4 is 0 Å². The van der Waals surface area contributed by atoms with Gasteiger partial charge < -0.3 is 9.47 Å². The first-order chi connectivity index (χ1) is 5.43. The maximum atomic E-state index is 5.29. The summed E-state index contributed by atoms with van der Waals surface area (Å²) in [5, 5.41) is 0. The summed E-state index contributed by atoms with van der Waals surface area (Å²) < 4.78 is 10.6. The van der Waals surface area contributed by atoms with Gasteiger partial charge >= 0.3 is 0 Å². The van der Waals surface area contributed by atoms with Crippen LogP contribution in [-0.2, 0) is 9.47 Å². The van der Waals surface area contributed by atoms with E-state index in [0.717, 1.165) is 26.1 Å². The number of hydrogen-bond acceptors (Lipinski definition) is 2. The second kappa shape index (κ2) is 5.33. The third kappa shape index (κ3) is 3.54. The fraction of sp³-hybridized carbons (Fsp3) is 0.778. The average molecular weight is 156 g/mol. The number of ether oxygens (including phenoxy) is 2. The Morgan fingerprint density at radius 2 is 2.00 bits per heavy atom. The maximum absolute atomic E-state index is 5.29. The first kappa shape index (κ1) is 8.75. The van der Waals surface area contributed by atoms with E-state index in [0.29, 0.717) is 0 Å². The molecule has 0 aromatic rings. The molecule has 0 atom stereocenters. The molecule has 0 spiro atoms. The van der Waals surface area contributed by atoms with E-state index in [2.05, 4.69) is 6.58 Å². The topological polar surface area (TPSA) is 18.5 Å². The van der Waals surface area contributed by atoms with E-state index in [1.807, 2.05) is 6.08 Å². The van der Waals surface area contributed by atoms with Gasteiger partial charge in [-0.3, -0.25) is 0 Å². The molecular weight excluding hydrogens is 140 g/mol. The van der Waals surface area contributed by atoms with Crippen LogP contribution in [0.15, 0.2) is 12.7 Å². The van der Waals surface area contributed by atoms with E-state index in [-0.39, 0.29) is 6.29 Å². The molecule has 0 saturated carbocycles. The Bertz CT molecular complexity index is 106. The van der Waals surface area contributed by atoms with Crippen LogP contribution < -0.4 is 0 Å². The summed E-state index contributed by atoms with van der Waals surface area (Å²) in [5.41, 5.74) is 0. The molecular formula is C9H16O2. The zero-order valence-corrected chi connectivity index (χ0v) is 6.92. The largest absolute Gasteiger partial charge is 0.350 e. The van der Waals surface area contributed by atoms with Gasteiger partial charge in [0.25, 0.3) is 0 Å². The lowest BCUT2D eigenvalue weighted by molar-refractivity contribution is -0.0478. The summed E-state index contributed by atoms with van der Waals surface area (Å²) in [4.78, 5) is 0. The molecule has 0 amide bonds. The molecule has 1 saturated heterocycles. The van der Waals surface area contributed by atoms with Crippen LogP contribution >= 0.6 is 0 Å². The zero-order chi connectivity index (χ0) is 7.94. The van der Waals surface area contributed by atoms with Crippen molar-refractivity contribution in [2.24, 2.45) is 0 Å². The maximum Gasteiger partial charge on any atom is 0.157 e. The fourth-order valence-electron chi connectivity index (χ4n) is 1.17. The third-order valence-electron chi connectivity index (χ3n) is 1.79. The Balaban J connectivity index is 1.89. The van der Waals surface area contributed by atoms with E-state index >= 15 is 0 Å². The monoisotopic (exact) mass is 156 g/mol. The predicted octanol–water partition coefficient (Wildman–Crippen LogP) is 2.11. The quantitative estimate of drug-likeness (QED) is 0.448. The summed E-state index contributed by atoms with van der Waals surface area (Å²) in [7, 11) is 0.